The number of hydrogen-bond donors (Lipinski definition) is 0. The van der Waals surface area contributed by atoms with Gasteiger partial charge in [-0.2, -0.15) is 0 Å². The molecular formula is C18H11ClFN. The predicted octanol–water partition coefficient (Wildman–Crippen LogP) is 5.02. The van der Waals surface area contributed by atoms with Gasteiger partial charge in [0.05, 0.1) is 16.2 Å². The SMILES string of the molecule is Fc1c(Cl)ccc2c1CC=C2c1ccc2ccccc2n1. The first-order chi connectivity index (χ1) is 10.2. The first-order valence-electron chi connectivity index (χ1n) is 6.77. The summed E-state index contributed by atoms with van der Waals surface area (Å²) in [6, 6.07) is 15.5. The summed E-state index contributed by atoms with van der Waals surface area (Å²) in [7, 11) is 0. The van der Waals surface area contributed by atoms with Crippen molar-refractivity contribution in [2.24, 2.45) is 0 Å². The first-order valence-corrected chi connectivity index (χ1v) is 7.15. The van der Waals surface area contributed by atoms with Crippen molar-refractivity contribution in [3.8, 4) is 0 Å². The molecule has 1 heterocycles. The Bertz CT molecular complexity index is 899. The summed E-state index contributed by atoms with van der Waals surface area (Å²) in [5, 5.41) is 1.28. The first kappa shape index (κ1) is 12.5. The summed E-state index contributed by atoms with van der Waals surface area (Å²) in [4.78, 5) is 4.68. The number of hydrogen-bond acceptors (Lipinski definition) is 1. The van der Waals surface area contributed by atoms with Crippen molar-refractivity contribution in [3.05, 3.63) is 82.3 Å². The van der Waals surface area contributed by atoms with E-state index in [2.05, 4.69) is 4.98 Å². The van der Waals surface area contributed by atoms with Crippen LogP contribution in [0.25, 0.3) is 16.5 Å². The Hall–Kier alpha value is -2.19. The second kappa shape index (κ2) is 4.68. The van der Waals surface area contributed by atoms with E-state index < -0.39 is 0 Å². The van der Waals surface area contributed by atoms with E-state index in [1.807, 2.05) is 48.5 Å². The molecule has 21 heavy (non-hydrogen) atoms. The summed E-state index contributed by atoms with van der Waals surface area (Å²) in [5.41, 5.74) is 4.34. The lowest BCUT2D eigenvalue weighted by atomic mass is 10.0. The average molecular weight is 296 g/mol. The van der Waals surface area contributed by atoms with Crippen LogP contribution in [0.2, 0.25) is 5.02 Å². The molecule has 4 rings (SSSR count). The maximum absolute atomic E-state index is 14.1. The molecule has 0 aliphatic heterocycles. The summed E-state index contributed by atoms with van der Waals surface area (Å²) in [6.07, 6.45) is 2.58. The third-order valence-electron chi connectivity index (χ3n) is 3.87. The minimum atomic E-state index is -0.318. The second-order valence-electron chi connectivity index (χ2n) is 5.10. The van der Waals surface area contributed by atoms with Crippen LogP contribution in [0.15, 0.2) is 54.6 Å². The molecule has 0 N–H and O–H groups in total. The van der Waals surface area contributed by atoms with Gasteiger partial charge >= 0.3 is 0 Å². The Morgan fingerprint density at radius 1 is 1.00 bits per heavy atom. The van der Waals surface area contributed by atoms with Gasteiger partial charge in [-0.05, 0) is 30.2 Å². The van der Waals surface area contributed by atoms with Crippen LogP contribution >= 0.6 is 11.6 Å². The molecule has 1 aliphatic rings. The van der Waals surface area contributed by atoms with Gasteiger partial charge in [-0.15, -0.1) is 0 Å². The maximum Gasteiger partial charge on any atom is 0.145 e. The van der Waals surface area contributed by atoms with Crippen molar-refractivity contribution >= 4 is 28.1 Å². The molecule has 0 unspecified atom stereocenters. The Kier molecular flexibility index (Phi) is 2.79. The molecule has 0 spiro atoms. The van der Waals surface area contributed by atoms with Crippen LogP contribution in [0.4, 0.5) is 4.39 Å². The topological polar surface area (TPSA) is 12.9 Å². The maximum atomic E-state index is 14.1. The highest BCUT2D eigenvalue weighted by molar-refractivity contribution is 6.30. The molecule has 0 amide bonds. The normalized spacial score (nSPS) is 13.3. The van der Waals surface area contributed by atoms with Crippen LogP contribution in [0.3, 0.4) is 0 Å². The van der Waals surface area contributed by atoms with Crippen LogP contribution in [-0.2, 0) is 6.42 Å². The van der Waals surface area contributed by atoms with Gasteiger partial charge in [0.25, 0.3) is 0 Å². The van der Waals surface area contributed by atoms with Gasteiger partial charge in [0, 0.05) is 16.5 Å². The van der Waals surface area contributed by atoms with Crippen molar-refractivity contribution < 1.29 is 4.39 Å². The minimum Gasteiger partial charge on any atom is -0.248 e. The second-order valence-corrected chi connectivity index (χ2v) is 5.51. The van der Waals surface area contributed by atoms with Crippen LogP contribution < -0.4 is 0 Å². The van der Waals surface area contributed by atoms with Gasteiger partial charge in [0.1, 0.15) is 5.82 Å². The zero-order chi connectivity index (χ0) is 14.4. The number of allylic oxidation sites excluding steroid dienone is 1. The lowest BCUT2D eigenvalue weighted by Crippen LogP contribution is -1.94. The molecule has 102 valence electrons. The molecule has 1 nitrogen and oxygen atoms in total. The van der Waals surface area contributed by atoms with E-state index in [0.29, 0.717) is 12.0 Å². The molecule has 3 aromatic rings. The molecule has 0 saturated carbocycles. The molecule has 0 saturated heterocycles. The Morgan fingerprint density at radius 3 is 2.76 bits per heavy atom. The van der Waals surface area contributed by atoms with Crippen molar-refractivity contribution in [2.75, 3.05) is 0 Å². The van der Waals surface area contributed by atoms with E-state index in [-0.39, 0.29) is 10.8 Å². The van der Waals surface area contributed by atoms with Crippen LogP contribution in [-0.4, -0.2) is 4.98 Å². The molecular weight excluding hydrogens is 285 g/mol. The zero-order valence-corrected chi connectivity index (χ0v) is 11.9. The Balaban J connectivity index is 1.87. The molecule has 1 aromatic heterocycles. The fraction of sp³-hybridized carbons (Fsp3) is 0.0556. The molecule has 0 fully saturated rings. The number of halogens is 2. The highest BCUT2D eigenvalue weighted by atomic mass is 35.5. The lowest BCUT2D eigenvalue weighted by molar-refractivity contribution is 0.616. The van der Waals surface area contributed by atoms with Gasteiger partial charge in [-0.25, -0.2) is 9.37 Å². The van der Waals surface area contributed by atoms with Gasteiger partial charge < -0.3 is 0 Å². The minimum absolute atomic E-state index is 0.176. The summed E-state index contributed by atoms with van der Waals surface area (Å²) < 4.78 is 14.1. The molecule has 1 aliphatic carbocycles. The number of para-hydroxylation sites is 1. The number of pyridine rings is 1. The molecule has 0 radical (unpaired) electrons. The van der Waals surface area contributed by atoms with E-state index in [1.54, 1.807) is 6.07 Å². The van der Waals surface area contributed by atoms with Crippen LogP contribution in [0.5, 0.6) is 0 Å². The van der Waals surface area contributed by atoms with Crippen molar-refractivity contribution in [1.29, 1.82) is 0 Å². The number of benzene rings is 2. The molecule has 0 bridgehead atoms. The van der Waals surface area contributed by atoms with Crippen LogP contribution in [0.1, 0.15) is 16.8 Å². The fourth-order valence-corrected chi connectivity index (χ4v) is 2.99. The van der Waals surface area contributed by atoms with E-state index in [4.69, 9.17) is 11.6 Å². The Morgan fingerprint density at radius 2 is 1.86 bits per heavy atom. The summed E-state index contributed by atoms with van der Waals surface area (Å²) in [5.74, 6) is -0.318. The highest BCUT2D eigenvalue weighted by Crippen LogP contribution is 2.36. The standard InChI is InChI=1S/C18H11ClFN/c19-15-9-8-12-13(6-7-14(12)18(15)20)17-10-5-11-3-1-2-4-16(11)21-17/h1-6,8-10H,7H2. The zero-order valence-electron chi connectivity index (χ0n) is 11.1. The van der Waals surface area contributed by atoms with Crippen LogP contribution in [0, 0.1) is 5.82 Å². The molecule has 2 aromatic carbocycles. The van der Waals surface area contributed by atoms with E-state index in [0.717, 1.165) is 27.7 Å². The molecule has 0 atom stereocenters. The van der Waals surface area contributed by atoms with E-state index in [1.165, 1.54) is 0 Å². The van der Waals surface area contributed by atoms with Gasteiger partial charge in [-0.1, -0.05) is 48.0 Å². The van der Waals surface area contributed by atoms with E-state index >= 15 is 0 Å². The van der Waals surface area contributed by atoms with Crippen molar-refractivity contribution in [3.63, 3.8) is 0 Å². The third-order valence-corrected chi connectivity index (χ3v) is 4.16. The number of aromatic nitrogens is 1. The molecule has 3 heteroatoms. The summed E-state index contributed by atoms with van der Waals surface area (Å²) in [6.45, 7) is 0. The number of rotatable bonds is 1. The third kappa shape index (κ3) is 1.95. The number of fused-ring (bicyclic) bond motifs is 2. The average Bonchev–Trinajstić information content (AvgIpc) is 2.95. The fourth-order valence-electron chi connectivity index (χ4n) is 2.82. The summed E-state index contributed by atoms with van der Waals surface area (Å²) >= 11 is 5.85. The van der Waals surface area contributed by atoms with Crippen molar-refractivity contribution in [2.45, 2.75) is 6.42 Å². The van der Waals surface area contributed by atoms with Gasteiger partial charge in [0.2, 0.25) is 0 Å². The Labute approximate surface area is 126 Å². The van der Waals surface area contributed by atoms with E-state index in [9.17, 15) is 4.39 Å². The van der Waals surface area contributed by atoms with Crippen molar-refractivity contribution in [1.82, 2.24) is 4.98 Å². The largest absolute Gasteiger partial charge is 0.248 e. The smallest absolute Gasteiger partial charge is 0.145 e. The van der Waals surface area contributed by atoms with Gasteiger partial charge in [0.15, 0.2) is 0 Å². The monoisotopic (exact) mass is 295 g/mol. The lowest BCUT2D eigenvalue weighted by Gasteiger charge is -2.08. The highest BCUT2D eigenvalue weighted by Gasteiger charge is 2.21. The number of nitrogens with zero attached hydrogens (tertiary/aromatic N) is 1. The quantitative estimate of drug-likeness (QED) is 0.614. The predicted molar refractivity (Wildman–Crippen MR) is 83.9 cm³/mol. The van der Waals surface area contributed by atoms with Gasteiger partial charge in [-0.3, -0.25) is 0 Å².